The second kappa shape index (κ2) is 12.9. The zero-order valence-corrected chi connectivity index (χ0v) is 26.7. The van der Waals surface area contributed by atoms with Gasteiger partial charge in [0, 0.05) is 42.3 Å². The van der Waals surface area contributed by atoms with Crippen LogP contribution in [0.1, 0.15) is 37.3 Å². The van der Waals surface area contributed by atoms with E-state index in [1.807, 2.05) is 37.3 Å². The maximum Gasteiger partial charge on any atom is 0.264 e. The van der Waals surface area contributed by atoms with E-state index in [1.165, 1.54) is 0 Å². The van der Waals surface area contributed by atoms with Crippen molar-refractivity contribution in [3.63, 3.8) is 0 Å². The van der Waals surface area contributed by atoms with E-state index in [4.69, 9.17) is 4.74 Å². The van der Waals surface area contributed by atoms with Crippen LogP contribution in [0.4, 0.5) is 15.5 Å². The Balaban J connectivity index is 1.49. The number of aliphatic hydroxyl groups excluding tert-OH is 1. The molecule has 3 aliphatic rings. The van der Waals surface area contributed by atoms with Crippen molar-refractivity contribution in [2.45, 2.75) is 69.1 Å². The fourth-order valence-corrected chi connectivity index (χ4v) is 9.78. The number of halogens is 1. The van der Waals surface area contributed by atoms with Gasteiger partial charge in [0.25, 0.3) is 5.91 Å². The lowest BCUT2D eigenvalue weighted by molar-refractivity contribution is -0.149. The van der Waals surface area contributed by atoms with Crippen molar-refractivity contribution in [2.75, 3.05) is 36.5 Å². The Kier molecular flexibility index (Phi) is 9.40. The van der Waals surface area contributed by atoms with Gasteiger partial charge in [0.05, 0.1) is 30.9 Å². The first-order valence-corrected chi connectivity index (χ1v) is 18.4. The second-order valence-electron chi connectivity index (χ2n) is 12.6. The minimum atomic E-state index is -3.50. The van der Waals surface area contributed by atoms with Crippen molar-refractivity contribution in [1.29, 1.82) is 0 Å². The average Bonchev–Trinajstić information content (AvgIpc) is 3.68. The number of fused-ring (bicyclic) bond motifs is 2. The minimum Gasteiger partial charge on any atom is -0.395 e. The molecule has 2 aromatic rings. The smallest absolute Gasteiger partial charge is 0.264 e. The van der Waals surface area contributed by atoms with Crippen LogP contribution in [-0.2, 0) is 31.3 Å². The third-order valence-electron chi connectivity index (χ3n) is 9.23. The molecular formula is C33H43FN4O5Si. The first kappa shape index (κ1) is 32.0. The molecule has 0 saturated carbocycles. The van der Waals surface area contributed by atoms with Crippen LogP contribution in [-0.4, -0.2) is 74.5 Å². The van der Waals surface area contributed by atoms with E-state index in [0.717, 1.165) is 24.9 Å². The number of aliphatic hydroxyl groups is 1. The lowest BCUT2D eigenvalue weighted by Gasteiger charge is -2.31. The van der Waals surface area contributed by atoms with Crippen LogP contribution in [0, 0.1) is 5.92 Å². The number of nitrogens with one attached hydrogen (secondary N) is 2. The Labute approximate surface area is 259 Å². The van der Waals surface area contributed by atoms with Crippen molar-refractivity contribution in [2.24, 2.45) is 5.92 Å². The Morgan fingerprint density at radius 2 is 2.02 bits per heavy atom. The zero-order valence-electron chi connectivity index (χ0n) is 25.7. The van der Waals surface area contributed by atoms with Gasteiger partial charge in [0.15, 0.2) is 5.60 Å². The molecule has 3 aliphatic heterocycles. The lowest BCUT2D eigenvalue weighted by Crippen LogP contribution is -2.45. The van der Waals surface area contributed by atoms with E-state index in [9.17, 15) is 19.5 Å². The SMILES string of the molecule is C=CCN1C(=O)[C@@]2(O[C@@H](CC(=O)N(CCO)Cc3ccccc3)[C@H]([Si](C)(C)F)[C@H]2C)c2cc(NC(=O)[C@H]3CCCN3)ccc21. The predicted octanol–water partition coefficient (Wildman–Crippen LogP) is 4.10. The topological polar surface area (TPSA) is 111 Å². The van der Waals surface area contributed by atoms with Gasteiger partial charge >= 0.3 is 0 Å². The molecule has 3 heterocycles. The number of hydrogen-bond donors (Lipinski definition) is 3. The number of anilines is 2. The van der Waals surface area contributed by atoms with Gasteiger partial charge in [-0.1, -0.05) is 43.3 Å². The molecule has 2 aromatic carbocycles. The van der Waals surface area contributed by atoms with Crippen LogP contribution in [0.25, 0.3) is 0 Å². The van der Waals surface area contributed by atoms with E-state index in [-0.39, 0.29) is 49.9 Å². The number of ether oxygens (including phenoxy) is 1. The van der Waals surface area contributed by atoms with Gasteiger partial charge in [0.1, 0.15) is 0 Å². The number of nitrogens with zero attached hydrogens (tertiary/aromatic N) is 2. The Hall–Kier alpha value is -3.38. The summed E-state index contributed by atoms with van der Waals surface area (Å²) in [4.78, 5) is 44.1. The van der Waals surface area contributed by atoms with Gasteiger partial charge in [-0.25, -0.2) is 0 Å². The zero-order chi connectivity index (χ0) is 31.6. The summed E-state index contributed by atoms with van der Waals surface area (Å²) in [5.74, 6) is -1.34. The number of hydrogen-bond acceptors (Lipinski definition) is 6. The molecule has 0 aliphatic carbocycles. The summed E-state index contributed by atoms with van der Waals surface area (Å²) >= 11 is 0. The highest BCUT2D eigenvalue weighted by Crippen LogP contribution is 2.60. The van der Waals surface area contributed by atoms with Crippen LogP contribution in [0.2, 0.25) is 18.6 Å². The number of carbonyl (C=O) groups excluding carboxylic acids is 3. The molecule has 236 valence electrons. The molecule has 44 heavy (non-hydrogen) atoms. The van der Waals surface area contributed by atoms with Gasteiger partial charge in [-0.05, 0) is 56.2 Å². The third-order valence-corrected chi connectivity index (χ3v) is 11.7. The number of rotatable bonds is 11. The van der Waals surface area contributed by atoms with Crippen LogP contribution < -0.4 is 15.5 Å². The van der Waals surface area contributed by atoms with Crippen molar-refractivity contribution >= 4 is 37.5 Å². The molecular weight excluding hydrogens is 579 g/mol. The molecule has 3 amide bonds. The molecule has 0 aromatic heterocycles. The van der Waals surface area contributed by atoms with Crippen LogP contribution >= 0.6 is 0 Å². The highest BCUT2D eigenvalue weighted by molar-refractivity contribution is 6.72. The number of amides is 3. The van der Waals surface area contributed by atoms with Crippen molar-refractivity contribution in [3.8, 4) is 0 Å². The first-order valence-electron chi connectivity index (χ1n) is 15.4. The normalized spacial score (nSPS) is 26.2. The molecule has 0 radical (unpaired) electrons. The summed E-state index contributed by atoms with van der Waals surface area (Å²) in [6.07, 6.45) is 2.31. The van der Waals surface area contributed by atoms with E-state index in [2.05, 4.69) is 17.2 Å². The van der Waals surface area contributed by atoms with Crippen molar-refractivity contribution in [1.82, 2.24) is 10.2 Å². The Morgan fingerprint density at radius 1 is 1.27 bits per heavy atom. The molecule has 5 atom stereocenters. The number of benzene rings is 2. The summed E-state index contributed by atoms with van der Waals surface area (Å²) in [6, 6.07) is 14.5. The monoisotopic (exact) mass is 622 g/mol. The molecule has 3 N–H and O–H groups in total. The van der Waals surface area contributed by atoms with Gasteiger partial charge in [-0.3, -0.25) is 14.4 Å². The van der Waals surface area contributed by atoms with Gasteiger partial charge in [-0.15, -0.1) is 6.58 Å². The second-order valence-corrected chi connectivity index (χ2v) is 16.4. The van der Waals surface area contributed by atoms with Crippen LogP contribution in [0.15, 0.2) is 61.2 Å². The van der Waals surface area contributed by atoms with E-state index < -0.39 is 31.6 Å². The Bertz CT molecular complexity index is 1400. The molecule has 0 bridgehead atoms. The standard InChI is InChI=1S/C33H43FN4O5Si/c1-5-16-38-27-14-13-24(36-31(41)26-12-9-15-35-26)19-25(27)33(32(38)42)22(2)30(44(3,4)34)28(43-33)20-29(40)37(17-18-39)21-23-10-7-6-8-11-23/h5-8,10-11,13-14,19,22,26,28,30,35,39H,1,9,12,15-18,20-21H2,2-4H3,(H,36,41)/t22-,26-,28+,30-,33+/m1/s1. The van der Waals surface area contributed by atoms with E-state index in [1.54, 1.807) is 47.2 Å². The molecule has 2 fully saturated rings. The molecule has 5 rings (SSSR count). The van der Waals surface area contributed by atoms with Crippen LogP contribution in [0.3, 0.4) is 0 Å². The predicted molar refractivity (Wildman–Crippen MR) is 170 cm³/mol. The largest absolute Gasteiger partial charge is 0.395 e. The summed E-state index contributed by atoms with van der Waals surface area (Å²) < 4.78 is 23.0. The maximum absolute atomic E-state index is 16.2. The van der Waals surface area contributed by atoms with Crippen molar-refractivity contribution in [3.05, 3.63) is 72.3 Å². The first-order chi connectivity index (χ1) is 21.0. The molecule has 0 unspecified atom stereocenters. The molecule has 1 spiro atoms. The summed E-state index contributed by atoms with van der Waals surface area (Å²) in [5.41, 5.74) is 0.414. The fraction of sp³-hybridized carbons (Fsp3) is 0.485. The lowest BCUT2D eigenvalue weighted by atomic mass is 9.82. The molecule has 11 heteroatoms. The van der Waals surface area contributed by atoms with Gasteiger partial charge in [-0.2, -0.15) is 0 Å². The minimum absolute atomic E-state index is 0.121. The Morgan fingerprint density at radius 3 is 2.66 bits per heavy atom. The number of carbonyl (C=O) groups is 3. The van der Waals surface area contributed by atoms with E-state index >= 15 is 4.11 Å². The average molecular weight is 623 g/mol. The summed E-state index contributed by atoms with van der Waals surface area (Å²) in [6.45, 7) is 10.1. The van der Waals surface area contributed by atoms with Crippen molar-refractivity contribution < 1.29 is 28.3 Å². The van der Waals surface area contributed by atoms with Gasteiger partial charge in [0.2, 0.25) is 20.2 Å². The van der Waals surface area contributed by atoms with Crippen LogP contribution in [0.5, 0.6) is 0 Å². The van der Waals surface area contributed by atoms with E-state index in [0.29, 0.717) is 23.5 Å². The molecule has 2 saturated heterocycles. The highest BCUT2D eigenvalue weighted by Gasteiger charge is 2.67. The molecule has 9 nitrogen and oxygen atoms in total. The fourth-order valence-electron chi connectivity index (χ4n) is 7.29. The summed E-state index contributed by atoms with van der Waals surface area (Å²) in [5, 5.41) is 15.9. The van der Waals surface area contributed by atoms with Gasteiger partial charge < -0.3 is 34.4 Å². The summed E-state index contributed by atoms with van der Waals surface area (Å²) in [7, 11) is -3.50. The third kappa shape index (κ3) is 5.98. The quantitative estimate of drug-likeness (QED) is 0.198. The maximum atomic E-state index is 16.2. The highest BCUT2D eigenvalue weighted by atomic mass is 28.4.